The molecule has 0 radical (unpaired) electrons. The van der Waals surface area contributed by atoms with E-state index in [0.29, 0.717) is 0 Å². The second-order valence-electron chi connectivity index (χ2n) is 3.91. The van der Waals surface area contributed by atoms with Crippen molar-refractivity contribution >= 4 is 0 Å². The molecule has 0 aliphatic heterocycles. The summed E-state index contributed by atoms with van der Waals surface area (Å²) in [6.07, 6.45) is 3.84. The predicted octanol–water partition coefficient (Wildman–Crippen LogP) is 4.98. The minimum Gasteiger partial charge on any atom is -0.0683 e. The normalized spacial score (nSPS) is 9.47. The van der Waals surface area contributed by atoms with Crippen molar-refractivity contribution in [1.82, 2.24) is 0 Å². The van der Waals surface area contributed by atoms with Gasteiger partial charge in [0.25, 0.3) is 0 Å². The largest absolute Gasteiger partial charge is 0.0683 e. The van der Waals surface area contributed by atoms with Gasteiger partial charge in [-0.05, 0) is 55.9 Å². The fraction of sp³-hybridized carbons (Fsp3) is 0.600. The smallest absolute Gasteiger partial charge is 0.0274 e. The number of rotatable bonds is 3. The van der Waals surface area contributed by atoms with E-state index in [1.54, 1.807) is 5.56 Å². The summed E-state index contributed by atoms with van der Waals surface area (Å²) in [6.45, 7) is 12.9. The van der Waals surface area contributed by atoms with E-state index in [2.05, 4.69) is 39.8 Å². The maximum Gasteiger partial charge on any atom is -0.0274 e. The Bertz CT molecular complexity index is 284. The summed E-state index contributed by atoms with van der Waals surface area (Å²) in [5.74, 6) is 0. The van der Waals surface area contributed by atoms with Gasteiger partial charge in [0.2, 0.25) is 0 Å². The van der Waals surface area contributed by atoms with Crippen molar-refractivity contribution in [3.05, 3.63) is 34.4 Å². The minimum absolute atomic E-state index is 1.25. The third-order valence-electron chi connectivity index (χ3n) is 2.88. The van der Waals surface area contributed by atoms with Gasteiger partial charge in [0.15, 0.2) is 0 Å². The average Bonchev–Trinajstić information content (AvgIpc) is 2.27. The van der Waals surface area contributed by atoms with E-state index >= 15 is 0 Å². The Morgan fingerprint density at radius 2 is 1.47 bits per heavy atom. The van der Waals surface area contributed by atoms with E-state index in [1.165, 1.54) is 36.0 Å². The fourth-order valence-corrected chi connectivity index (χ4v) is 1.75. The van der Waals surface area contributed by atoms with Crippen LogP contribution in [0.3, 0.4) is 0 Å². The first-order chi connectivity index (χ1) is 7.16. The molecule has 0 saturated carbocycles. The summed E-state index contributed by atoms with van der Waals surface area (Å²) in [5, 5.41) is 0. The van der Waals surface area contributed by atoms with Gasteiger partial charge in [-0.1, -0.05) is 39.3 Å². The molecule has 0 saturated heterocycles. The molecule has 0 heteroatoms. The van der Waals surface area contributed by atoms with E-state index in [9.17, 15) is 0 Å². The quantitative estimate of drug-likeness (QED) is 0.654. The van der Waals surface area contributed by atoms with Crippen LogP contribution in [-0.4, -0.2) is 0 Å². The van der Waals surface area contributed by atoms with E-state index < -0.39 is 0 Å². The third-order valence-corrected chi connectivity index (χ3v) is 2.88. The molecular weight excluding hydrogens is 180 g/mol. The monoisotopic (exact) mass is 206 g/mol. The number of benzene rings is 1. The van der Waals surface area contributed by atoms with Gasteiger partial charge in [-0.2, -0.15) is 0 Å². The second kappa shape index (κ2) is 7.50. The predicted molar refractivity (Wildman–Crippen MR) is 70.6 cm³/mol. The first kappa shape index (κ1) is 14.2. The third kappa shape index (κ3) is 4.07. The Kier molecular flexibility index (Phi) is 7.11. The van der Waals surface area contributed by atoms with Crippen LogP contribution in [0.1, 0.15) is 55.9 Å². The SMILES string of the molecule is CC.CCCCc1c(C)ccc(C)c1C. The average molecular weight is 206 g/mol. The van der Waals surface area contributed by atoms with Crippen molar-refractivity contribution in [1.29, 1.82) is 0 Å². The lowest BCUT2D eigenvalue weighted by molar-refractivity contribution is 0.786. The zero-order chi connectivity index (χ0) is 11.8. The molecule has 0 N–H and O–H groups in total. The topological polar surface area (TPSA) is 0 Å². The van der Waals surface area contributed by atoms with Gasteiger partial charge in [0, 0.05) is 0 Å². The Balaban J connectivity index is 0.000000921. The Morgan fingerprint density at radius 1 is 0.933 bits per heavy atom. The van der Waals surface area contributed by atoms with Gasteiger partial charge in [-0.3, -0.25) is 0 Å². The molecule has 0 nitrogen and oxygen atoms in total. The van der Waals surface area contributed by atoms with Crippen LogP contribution in [0.25, 0.3) is 0 Å². The summed E-state index contributed by atoms with van der Waals surface area (Å²) in [6, 6.07) is 4.47. The van der Waals surface area contributed by atoms with Crippen LogP contribution < -0.4 is 0 Å². The summed E-state index contributed by atoms with van der Waals surface area (Å²) in [7, 11) is 0. The Morgan fingerprint density at radius 3 is 2.00 bits per heavy atom. The molecule has 1 aromatic rings. The van der Waals surface area contributed by atoms with E-state index in [0.717, 1.165) is 0 Å². The van der Waals surface area contributed by atoms with E-state index in [1.807, 2.05) is 13.8 Å². The van der Waals surface area contributed by atoms with Gasteiger partial charge in [-0.25, -0.2) is 0 Å². The highest BCUT2D eigenvalue weighted by atomic mass is 14.1. The van der Waals surface area contributed by atoms with Crippen LogP contribution >= 0.6 is 0 Å². The molecule has 15 heavy (non-hydrogen) atoms. The van der Waals surface area contributed by atoms with Crippen molar-refractivity contribution in [2.45, 2.75) is 60.8 Å². The van der Waals surface area contributed by atoms with Crippen LogP contribution in [-0.2, 0) is 6.42 Å². The van der Waals surface area contributed by atoms with Crippen molar-refractivity contribution in [2.75, 3.05) is 0 Å². The van der Waals surface area contributed by atoms with Crippen LogP contribution in [0, 0.1) is 20.8 Å². The van der Waals surface area contributed by atoms with Crippen molar-refractivity contribution in [3.63, 3.8) is 0 Å². The van der Waals surface area contributed by atoms with Gasteiger partial charge in [-0.15, -0.1) is 0 Å². The molecule has 0 aliphatic rings. The van der Waals surface area contributed by atoms with Crippen LogP contribution in [0.5, 0.6) is 0 Å². The molecule has 0 aliphatic carbocycles. The van der Waals surface area contributed by atoms with Gasteiger partial charge in [0.05, 0.1) is 0 Å². The molecule has 0 aromatic heterocycles. The summed E-state index contributed by atoms with van der Waals surface area (Å²) < 4.78 is 0. The summed E-state index contributed by atoms with van der Waals surface area (Å²) >= 11 is 0. The first-order valence-electron chi connectivity index (χ1n) is 6.22. The highest BCUT2D eigenvalue weighted by Crippen LogP contribution is 2.19. The van der Waals surface area contributed by atoms with Crippen LogP contribution in [0.4, 0.5) is 0 Å². The van der Waals surface area contributed by atoms with Crippen LogP contribution in [0.15, 0.2) is 12.1 Å². The zero-order valence-corrected chi connectivity index (χ0v) is 11.3. The highest BCUT2D eigenvalue weighted by molar-refractivity contribution is 5.39. The maximum absolute atomic E-state index is 2.25. The van der Waals surface area contributed by atoms with E-state index in [4.69, 9.17) is 0 Å². The number of hydrogen-bond donors (Lipinski definition) is 0. The van der Waals surface area contributed by atoms with Crippen molar-refractivity contribution in [2.24, 2.45) is 0 Å². The highest BCUT2D eigenvalue weighted by Gasteiger charge is 2.03. The lowest BCUT2D eigenvalue weighted by Crippen LogP contribution is -1.96. The molecular formula is C15H26. The standard InChI is InChI=1S/C13H20.C2H6/c1-5-6-7-13-11(3)9-8-10(2)12(13)4;1-2/h8-9H,5-7H2,1-4H3;1-2H3. The molecule has 0 spiro atoms. The first-order valence-corrected chi connectivity index (χ1v) is 6.22. The number of unbranched alkanes of at least 4 members (excludes halogenated alkanes) is 1. The lowest BCUT2D eigenvalue weighted by atomic mass is 9.95. The number of aryl methyl sites for hydroxylation is 2. The zero-order valence-electron chi connectivity index (χ0n) is 11.3. The molecule has 0 unspecified atom stereocenters. The van der Waals surface area contributed by atoms with Gasteiger partial charge in [0.1, 0.15) is 0 Å². The Labute approximate surface area is 95.7 Å². The van der Waals surface area contributed by atoms with Crippen molar-refractivity contribution < 1.29 is 0 Å². The minimum atomic E-state index is 1.25. The van der Waals surface area contributed by atoms with Gasteiger partial charge < -0.3 is 0 Å². The molecule has 1 rings (SSSR count). The molecule has 1 aromatic carbocycles. The number of hydrogen-bond acceptors (Lipinski definition) is 0. The van der Waals surface area contributed by atoms with Gasteiger partial charge >= 0.3 is 0 Å². The van der Waals surface area contributed by atoms with Crippen molar-refractivity contribution in [3.8, 4) is 0 Å². The molecule has 0 amide bonds. The molecule has 86 valence electrons. The molecule has 0 heterocycles. The Hall–Kier alpha value is -0.780. The molecule has 0 fully saturated rings. The lowest BCUT2D eigenvalue weighted by Gasteiger charge is -2.11. The molecule has 0 bridgehead atoms. The maximum atomic E-state index is 2.25. The second-order valence-corrected chi connectivity index (χ2v) is 3.91. The summed E-state index contributed by atoms with van der Waals surface area (Å²) in [4.78, 5) is 0. The molecule has 0 atom stereocenters. The summed E-state index contributed by atoms with van der Waals surface area (Å²) in [5.41, 5.74) is 5.95. The fourth-order valence-electron chi connectivity index (χ4n) is 1.75. The van der Waals surface area contributed by atoms with E-state index in [-0.39, 0.29) is 0 Å². The van der Waals surface area contributed by atoms with Crippen LogP contribution in [0.2, 0.25) is 0 Å².